The van der Waals surface area contributed by atoms with E-state index in [2.05, 4.69) is 4.98 Å². The van der Waals surface area contributed by atoms with Crippen LogP contribution in [0.4, 0.5) is 5.82 Å². The number of amides is 2. The molecule has 0 radical (unpaired) electrons. The third kappa shape index (κ3) is 1.30. The lowest BCUT2D eigenvalue weighted by Crippen LogP contribution is -2.29. The summed E-state index contributed by atoms with van der Waals surface area (Å²) in [7, 11) is 0. The number of aromatic nitrogens is 1. The lowest BCUT2D eigenvalue weighted by Gasteiger charge is -2.11. The molecule has 1 fully saturated rings. The van der Waals surface area contributed by atoms with E-state index in [1.165, 1.54) is 0 Å². The Morgan fingerprint density at radius 1 is 1.15 bits per heavy atom. The fourth-order valence-electron chi connectivity index (χ4n) is 1.32. The van der Waals surface area contributed by atoms with Crippen LogP contribution in [-0.4, -0.2) is 16.8 Å². The quantitative estimate of drug-likeness (QED) is 0.593. The van der Waals surface area contributed by atoms with Gasteiger partial charge in [0.1, 0.15) is 5.82 Å². The van der Waals surface area contributed by atoms with Crippen LogP contribution < -0.4 is 4.90 Å². The minimum Gasteiger partial charge on any atom is -0.274 e. The highest BCUT2D eigenvalue weighted by Gasteiger charge is 2.30. The van der Waals surface area contributed by atoms with Crippen molar-refractivity contribution in [2.75, 3.05) is 4.90 Å². The van der Waals surface area contributed by atoms with Crippen molar-refractivity contribution in [2.45, 2.75) is 12.8 Å². The molecule has 0 N–H and O–H groups in total. The molecule has 1 aliphatic heterocycles. The van der Waals surface area contributed by atoms with Crippen molar-refractivity contribution in [1.29, 1.82) is 0 Å². The van der Waals surface area contributed by atoms with E-state index in [0.717, 1.165) is 4.90 Å². The van der Waals surface area contributed by atoms with E-state index in [1.54, 1.807) is 24.4 Å². The number of carbonyl (C=O) groups excluding carboxylic acids is 2. The van der Waals surface area contributed by atoms with Crippen LogP contribution in [0.1, 0.15) is 12.8 Å². The molecule has 0 bridgehead atoms. The zero-order valence-electron chi connectivity index (χ0n) is 6.93. The van der Waals surface area contributed by atoms with Crippen molar-refractivity contribution >= 4 is 17.6 Å². The first kappa shape index (κ1) is 7.91. The van der Waals surface area contributed by atoms with Gasteiger partial charge in [-0.2, -0.15) is 0 Å². The van der Waals surface area contributed by atoms with E-state index in [-0.39, 0.29) is 11.8 Å². The molecule has 0 aromatic carbocycles. The van der Waals surface area contributed by atoms with Gasteiger partial charge in [-0.05, 0) is 12.1 Å². The molecule has 2 rings (SSSR count). The molecular formula is C9H8N2O2. The standard InChI is InChI=1S/C9H8N2O2/c12-8-4-5-9(13)11(8)7-3-1-2-6-10-7/h1-3,6H,4-5H2. The summed E-state index contributed by atoms with van der Waals surface area (Å²) >= 11 is 0. The number of hydrogen-bond acceptors (Lipinski definition) is 3. The third-order valence-electron chi connectivity index (χ3n) is 1.93. The molecular weight excluding hydrogens is 168 g/mol. The second-order valence-electron chi connectivity index (χ2n) is 2.81. The maximum absolute atomic E-state index is 11.3. The Bertz CT molecular complexity index is 332. The Balaban J connectivity index is 2.36. The fraction of sp³-hybridized carbons (Fsp3) is 0.222. The van der Waals surface area contributed by atoms with Gasteiger partial charge in [0.2, 0.25) is 11.8 Å². The monoisotopic (exact) mass is 176 g/mol. The summed E-state index contributed by atoms with van der Waals surface area (Å²) < 4.78 is 0. The maximum atomic E-state index is 11.3. The molecule has 1 aliphatic rings. The summed E-state index contributed by atoms with van der Waals surface area (Å²) in [6, 6.07) is 5.15. The number of rotatable bonds is 1. The van der Waals surface area contributed by atoms with E-state index in [1.807, 2.05) is 0 Å². The number of carbonyl (C=O) groups is 2. The maximum Gasteiger partial charge on any atom is 0.235 e. The summed E-state index contributed by atoms with van der Waals surface area (Å²) in [5.74, 6) is 0.0994. The first-order chi connectivity index (χ1) is 6.29. The summed E-state index contributed by atoms with van der Waals surface area (Å²) in [4.78, 5) is 27.6. The Kier molecular flexibility index (Phi) is 1.81. The average molecular weight is 176 g/mol. The molecule has 13 heavy (non-hydrogen) atoms. The lowest BCUT2D eigenvalue weighted by atomic mass is 10.4. The highest BCUT2D eigenvalue weighted by atomic mass is 16.2. The van der Waals surface area contributed by atoms with Crippen molar-refractivity contribution < 1.29 is 9.59 Å². The number of imide groups is 1. The SMILES string of the molecule is O=C1CCC(=O)N1c1ccccn1. The van der Waals surface area contributed by atoms with Crippen molar-refractivity contribution in [2.24, 2.45) is 0 Å². The van der Waals surface area contributed by atoms with Crippen molar-refractivity contribution in [3.63, 3.8) is 0 Å². The van der Waals surface area contributed by atoms with Gasteiger partial charge >= 0.3 is 0 Å². The third-order valence-corrected chi connectivity index (χ3v) is 1.93. The molecule has 4 nitrogen and oxygen atoms in total. The summed E-state index contributed by atoms with van der Waals surface area (Å²) in [6.07, 6.45) is 2.17. The highest BCUT2D eigenvalue weighted by Crippen LogP contribution is 2.18. The van der Waals surface area contributed by atoms with Crippen molar-refractivity contribution in [1.82, 2.24) is 4.98 Å². The van der Waals surface area contributed by atoms with Crippen LogP contribution in [0.3, 0.4) is 0 Å². The van der Waals surface area contributed by atoms with Crippen LogP contribution in [0.25, 0.3) is 0 Å². The molecule has 0 saturated carbocycles. The smallest absolute Gasteiger partial charge is 0.235 e. The van der Waals surface area contributed by atoms with Gasteiger partial charge in [0.15, 0.2) is 0 Å². The fourth-order valence-corrected chi connectivity index (χ4v) is 1.32. The second kappa shape index (κ2) is 2.97. The first-order valence-electron chi connectivity index (χ1n) is 4.06. The van der Waals surface area contributed by atoms with Gasteiger partial charge in [-0.15, -0.1) is 0 Å². The molecule has 0 spiro atoms. The van der Waals surface area contributed by atoms with Crippen LogP contribution in [0, 0.1) is 0 Å². The summed E-state index contributed by atoms with van der Waals surface area (Å²) in [5.41, 5.74) is 0. The largest absolute Gasteiger partial charge is 0.274 e. The van der Waals surface area contributed by atoms with Gasteiger partial charge in [0.05, 0.1) is 0 Å². The summed E-state index contributed by atoms with van der Waals surface area (Å²) in [6.45, 7) is 0. The first-order valence-corrected chi connectivity index (χ1v) is 4.06. The van der Waals surface area contributed by atoms with Crippen molar-refractivity contribution in [3.8, 4) is 0 Å². The zero-order chi connectivity index (χ0) is 9.26. The lowest BCUT2D eigenvalue weighted by molar-refractivity contribution is -0.121. The molecule has 0 aliphatic carbocycles. The molecule has 0 atom stereocenters. The molecule has 2 heterocycles. The molecule has 66 valence electrons. The average Bonchev–Trinajstić information content (AvgIpc) is 2.48. The second-order valence-corrected chi connectivity index (χ2v) is 2.81. The molecule has 2 amide bonds. The van der Waals surface area contributed by atoms with E-state index in [0.29, 0.717) is 18.7 Å². The molecule has 1 saturated heterocycles. The number of nitrogens with zero attached hydrogens (tertiary/aromatic N) is 2. The van der Waals surface area contributed by atoms with E-state index in [4.69, 9.17) is 0 Å². The predicted molar refractivity (Wildman–Crippen MR) is 46.0 cm³/mol. The Labute approximate surface area is 75.2 Å². The van der Waals surface area contributed by atoms with E-state index >= 15 is 0 Å². The van der Waals surface area contributed by atoms with Crippen LogP contribution in [-0.2, 0) is 9.59 Å². The Morgan fingerprint density at radius 3 is 2.38 bits per heavy atom. The number of pyridine rings is 1. The van der Waals surface area contributed by atoms with Crippen LogP contribution in [0.15, 0.2) is 24.4 Å². The molecule has 4 heteroatoms. The van der Waals surface area contributed by atoms with E-state index < -0.39 is 0 Å². The van der Waals surface area contributed by atoms with Gasteiger partial charge in [-0.1, -0.05) is 6.07 Å². The van der Waals surface area contributed by atoms with Gasteiger partial charge in [-0.25, -0.2) is 9.88 Å². The van der Waals surface area contributed by atoms with Gasteiger partial charge in [0.25, 0.3) is 0 Å². The minimum absolute atomic E-state index is 0.163. The normalized spacial score (nSPS) is 16.8. The highest BCUT2D eigenvalue weighted by molar-refractivity contribution is 6.19. The van der Waals surface area contributed by atoms with Crippen LogP contribution >= 0.6 is 0 Å². The Hall–Kier alpha value is -1.71. The Morgan fingerprint density at radius 2 is 1.85 bits per heavy atom. The number of hydrogen-bond donors (Lipinski definition) is 0. The number of anilines is 1. The summed E-state index contributed by atoms with van der Waals surface area (Å²) in [5, 5.41) is 0. The molecule has 1 aromatic heterocycles. The van der Waals surface area contributed by atoms with Crippen molar-refractivity contribution in [3.05, 3.63) is 24.4 Å². The molecule has 1 aromatic rings. The van der Waals surface area contributed by atoms with Gasteiger partial charge in [0, 0.05) is 19.0 Å². The van der Waals surface area contributed by atoms with Crippen LogP contribution in [0.2, 0.25) is 0 Å². The van der Waals surface area contributed by atoms with E-state index in [9.17, 15) is 9.59 Å². The zero-order valence-corrected chi connectivity index (χ0v) is 6.93. The van der Waals surface area contributed by atoms with Gasteiger partial charge in [-0.3, -0.25) is 9.59 Å². The van der Waals surface area contributed by atoms with Gasteiger partial charge < -0.3 is 0 Å². The molecule has 0 unspecified atom stereocenters. The van der Waals surface area contributed by atoms with Crippen LogP contribution in [0.5, 0.6) is 0 Å². The minimum atomic E-state index is -0.163. The topological polar surface area (TPSA) is 50.3 Å². The predicted octanol–water partition coefficient (Wildman–Crippen LogP) is 0.735.